The zero-order valence-corrected chi connectivity index (χ0v) is 11.2. The second-order valence-corrected chi connectivity index (χ2v) is 4.62. The molecule has 1 aromatic rings. The molecular formula is C13H20N2O2. The van der Waals surface area contributed by atoms with E-state index < -0.39 is 0 Å². The van der Waals surface area contributed by atoms with Gasteiger partial charge in [-0.1, -0.05) is 6.92 Å². The topological polar surface area (TPSA) is 42.4 Å². The van der Waals surface area contributed by atoms with Crippen molar-refractivity contribution in [1.82, 2.24) is 4.98 Å². The number of ether oxygens (including phenoxy) is 1. The minimum absolute atomic E-state index is 0.00173. The van der Waals surface area contributed by atoms with Crippen LogP contribution in [-0.2, 0) is 4.74 Å². The SMILES string of the molecule is CCC(C)(C)N(C)c1cc(C(=O)OC)ccn1. The quantitative estimate of drug-likeness (QED) is 0.753. The van der Waals surface area contributed by atoms with Crippen LogP contribution in [-0.4, -0.2) is 30.6 Å². The molecule has 17 heavy (non-hydrogen) atoms. The Hall–Kier alpha value is -1.58. The fraction of sp³-hybridized carbons (Fsp3) is 0.538. The van der Waals surface area contributed by atoms with Crippen molar-refractivity contribution in [3.63, 3.8) is 0 Å². The van der Waals surface area contributed by atoms with Gasteiger partial charge in [-0.05, 0) is 32.4 Å². The maximum atomic E-state index is 11.4. The molecule has 1 rings (SSSR count). The highest BCUT2D eigenvalue weighted by molar-refractivity contribution is 5.90. The smallest absolute Gasteiger partial charge is 0.338 e. The minimum Gasteiger partial charge on any atom is -0.465 e. The number of methoxy groups -OCH3 is 1. The van der Waals surface area contributed by atoms with Crippen LogP contribution >= 0.6 is 0 Å². The Bertz CT molecular complexity index is 402. The number of aromatic nitrogens is 1. The third-order valence-corrected chi connectivity index (χ3v) is 3.28. The Morgan fingerprint density at radius 1 is 1.53 bits per heavy atom. The number of carbonyl (C=O) groups is 1. The lowest BCUT2D eigenvalue weighted by Gasteiger charge is -2.35. The summed E-state index contributed by atoms with van der Waals surface area (Å²) in [5.74, 6) is 0.441. The van der Waals surface area contributed by atoms with Gasteiger partial charge in [0.25, 0.3) is 0 Å². The van der Waals surface area contributed by atoms with Crippen molar-refractivity contribution in [3.8, 4) is 0 Å². The van der Waals surface area contributed by atoms with Crippen LogP contribution in [0.2, 0.25) is 0 Å². The Balaban J connectivity index is 3.03. The van der Waals surface area contributed by atoms with Gasteiger partial charge in [0.2, 0.25) is 0 Å². The van der Waals surface area contributed by atoms with E-state index in [1.807, 2.05) is 7.05 Å². The number of anilines is 1. The zero-order chi connectivity index (χ0) is 13.1. The molecule has 0 spiro atoms. The molecule has 1 heterocycles. The fourth-order valence-corrected chi connectivity index (χ4v) is 1.39. The van der Waals surface area contributed by atoms with E-state index in [-0.39, 0.29) is 11.5 Å². The lowest BCUT2D eigenvalue weighted by atomic mass is 10.00. The summed E-state index contributed by atoms with van der Waals surface area (Å²) in [6.45, 7) is 6.40. The van der Waals surface area contributed by atoms with E-state index in [9.17, 15) is 4.79 Å². The van der Waals surface area contributed by atoms with E-state index >= 15 is 0 Å². The molecule has 0 bridgehead atoms. The summed E-state index contributed by atoms with van der Waals surface area (Å²) in [5, 5.41) is 0. The highest BCUT2D eigenvalue weighted by Gasteiger charge is 2.23. The summed E-state index contributed by atoms with van der Waals surface area (Å²) in [6, 6.07) is 3.41. The van der Waals surface area contributed by atoms with Crippen LogP contribution in [0, 0.1) is 0 Å². The van der Waals surface area contributed by atoms with E-state index in [0.29, 0.717) is 5.56 Å². The number of carbonyl (C=O) groups excluding carboxylic acids is 1. The van der Waals surface area contributed by atoms with Crippen molar-refractivity contribution in [2.45, 2.75) is 32.7 Å². The standard InChI is InChI=1S/C13H20N2O2/c1-6-13(2,3)15(4)11-9-10(7-8-14-11)12(16)17-5/h7-9H,6H2,1-5H3. The molecule has 4 heteroatoms. The van der Waals surface area contributed by atoms with E-state index in [4.69, 9.17) is 4.74 Å². The van der Waals surface area contributed by atoms with E-state index in [1.165, 1.54) is 7.11 Å². The average molecular weight is 236 g/mol. The summed E-state index contributed by atoms with van der Waals surface area (Å²) in [4.78, 5) is 17.8. The van der Waals surface area contributed by atoms with Crippen LogP contribution in [0.15, 0.2) is 18.3 Å². The lowest BCUT2D eigenvalue weighted by Crippen LogP contribution is -2.41. The first-order valence-corrected chi connectivity index (χ1v) is 5.70. The molecule has 0 saturated heterocycles. The second kappa shape index (κ2) is 5.17. The molecule has 1 aromatic heterocycles. The molecule has 94 valence electrons. The lowest BCUT2D eigenvalue weighted by molar-refractivity contribution is 0.0600. The molecular weight excluding hydrogens is 216 g/mol. The van der Waals surface area contributed by atoms with Gasteiger partial charge in [-0.2, -0.15) is 0 Å². The molecule has 0 aromatic carbocycles. The van der Waals surface area contributed by atoms with Crippen molar-refractivity contribution in [2.75, 3.05) is 19.1 Å². The van der Waals surface area contributed by atoms with Gasteiger partial charge in [0, 0.05) is 18.8 Å². The predicted molar refractivity (Wildman–Crippen MR) is 68.3 cm³/mol. The third-order valence-electron chi connectivity index (χ3n) is 3.28. The summed E-state index contributed by atoms with van der Waals surface area (Å²) in [6.07, 6.45) is 2.62. The Labute approximate surface area is 103 Å². The number of pyridine rings is 1. The number of rotatable bonds is 4. The Morgan fingerprint density at radius 2 is 2.18 bits per heavy atom. The third kappa shape index (κ3) is 2.96. The molecule has 0 fully saturated rings. The van der Waals surface area contributed by atoms with Crippen molar-refractivity contribution in [3.05, 3.63) is 23.9 Å². The zero-order valence-electron chi connectivity index (χ0n) is 11.2. The van der Waals surface area contributed by atoms with Gasteiger partial charge >= 0.3 is 5.97 Å². The first kappa shape index (κ1) is 13.5. The molecule has 0 aliphatic carbocycles. The van der Waals surface area contributed by atoms with Gasteiger partial charge in [-0.3, -0.25) is 0 Å². The van der Waals surface area contributed by atoms with Crippen molar-refractivity contribution in [1.29, 1.82) is 0 Å². The second-order valence-electron chi connectivity index (χ2n) is 4.62. The van der Waals surface area contributed by atoms with Gasteiger partial charge in [0.15, 0.2) is 0 Å². The molecule has 0 saturated carbocycles. The van der Waals surface area contributed by atoms with Crippen LogP contribution in [0.4, 0.5) is 5.82 Å². The van der Waals surface area contributed by atoms with Crippen LogP contribution < -0.4 is 4.90 Å². The maximum absolute atomic E-state index is 11.4. The van der Waals surface area contributed by atoms with Crippen molar-refractivity contribution in [2.24, 2.45) is 0 Å². The Morgan fingerprint density at radius 3 is 2.71 bits per heavy atom. The van der Waals surface area contributed by atoms with Crippen LogP contribution in [0.3, 0.4) is 0 Å². The normalized spacial score (nSPS) is 11.1. The molecule has 0 amide bonds. The van der Waals surface area contributed by atoms with E-state index in [2.05, 4.69) is 30.7 Å². The number of nitrogens with zero attached hydrogens (tertiary/aromatic N) is 2. The summed E-state index contributed by atoms with van der Waals surface area (Å²) >= 11 is 0. The van der Waals surface area contributed by atoms with Crippen molar-refractivity contribution < 1.29 is 9.53 Å². The van der Waals surface area contributed by atoms with Gasteiger partial charge in [-0.15, -0.1) is 0 Å². The highest BCUT2D eigenvalue weighted by Crippen LogP contribution is 2.23. The number of esters is 1. The van der Waals surface area contributed by atoms with E-state index in [0.717, 1.165) is 12.2 Å². The van der Waals surface area contributed by atoms with Gasteiger partial charge in [-0.25, -0.2) is 9.78 Å². The van der Waals surface area contributed by atoms with Gasteiger partial charge in [0.1, 0.15) is 5.82 Å². The Kier molecular flexibility index (Phi) is 4.10. The summed E-state index contributed by atoms with van der Waals surface area (Å²) in [5.41, 5.74) is 0.526. The number of hydrogen-bond acceptors (Lipinski definition) is 4. The average Bonchev–Trinajstić information content (AvgIpc) is 2.36. The predicted octanol–water partition coefficient (Wildman–Crippen LogP) is 2.49. The van der Waals surface area contributed by atoms with Crippen LogP contribution in [0.1, 0.15) is 37.6 Å². The van der Waals surface area contributed by atoms with Gasteiger partial charge < -0.3 is 9.64 Å². The van der Waals surface area contributed by atoms with Crippen molar-refractivity contribution >= 4 is 11.8 Å². The summed E-state index contributed by atoms with van der Waals surface area (Å²) < 4.78 is 4.70. The molecule has 0 unspecified atom stereocenters. The molecule has 0 radical (unpaired) electrons. The minimum atomic E-state index is -0.337. The molecule has 0 aliphatic rings. The first-order chi connectivity index (χ1) is 7.92. The monoisotopic (exact) mass is 236 g/mol. The van der Waals surface area contributed by atoms with Gasteiger partial charge in [0.05, 0.1) is 12.7 Å². The number of hydrogen-bond donors (Lipinski definition) is 0. The molecule has 0 atom stereocenters. The highest BCUT2D eigenvalue weighted by atomic mass is 16.5. The fourth-order valence-electron chi connectivity index (χ4n) is 1.39. The summed E-state index contributed by atoms with van der Waals surface area (Å²) in [7, 11) is 3.36. The van der Waals surface area contributed by atoms with Crippen LogP contribution in [0.25, 0.3) is 0 Å². The van der Waals surface area contributed by atoms with E-state index in [1.54, 1.807) is 18.3 Å². The molecule has 0 aliphatic heterocycles. The van der Waals surface area contributed by atoms with Crippen LogP contribution in [0.5, 0.6) is 0 Å². The molecule has 0 N–H and O–H groups in total. The largest absolute Gasteiger partial charge is 0.465 e. The first-order valence-electron chi connectivity index (χ1n) is 5.70. The maximum Gasteiger partial charge on any atom is 0.338 e. The molecule has 4 nitrogen and oxygen atoms in total.